The zero-order chi connectivity index (χ0) is 16.8. The first kappa shape index (κ1) is 16.2. The Balaban J connectivity index is 1.89. The van der Waals surface area contributed by atoms with Gasteiger partial charge in [0.2, 0.25) is 0 Å². The van der Waals surface area contributed by atoms with Crippen LogP contribution < -0.4 is 10.1 Å². The van der Waals surface area contributed by atoms with E-state index < -0.39 is 0 Å². The molecule has 0 aliphatic rings. The first-order chi connectivity index (χ1) is 11.8. The molecule has 1 unspecified atom stereocenters. The number of ether oxygens (including phenoxy) is 1. The van der Waals surface area contributed by atoms with Crippen molar-refractivity contribution in [1.29, 1.82) is 0 Å². The zero-order valence-electron chi connectivity index (χ0n) is 13.3. The van der Waals surface area contributed by atoms with Crippen LogP contribution in [0.3, 0.4) is 0 Å². The lowest BCUT2D eigenvalue weighted by molar-refractivity contribution is 0.0938. The van der Waals surface area contributed by atoms with E-state index in [2.05, 4.69) is 10.3 Å². The molecule has 2 aromatic carbocycles. The van der Waals surface area contributed by atoms with Crippen molar-refractivity contribution in [3.05, 3.63) is 82.3 Å². The molecular formula is C19H18N2O2S. The molecule has 4 nitrogen and oxygen atoms in total. The fourth-order valence-electron chi connectivity index (χ4n) is 2.46. The van der Waals surface area contributed by atoms with E-state index in [1.165, 1.54) is 11.3 Å². The molecule has 0 saturated carbocycles. The molecule has 1 heterocycles. The van der Waals surface area contributed by atoms with Crippen molar-refractivity contribution in [1.82, 2.24) is 10.3 Å². The van der Waals surface area contributed by atoms with E-state index >= 15 is 0 Å². The van der Waals surface area contributed by atoms with Gasteiger partial charge < -0.3 is 10.1 Å². The topological polar surface area (TPSA) is 51.2 Å². The highest BCUT2D eigenvalue weighted by Crippen LogP contribution is 2.24. The van der Waals surface area contributed by atoms with Gasteiger partial charge in [-0.25, -0.2) is 4.98 Å². The minimum atomic E-state index is -0.240. The van der Waals surface area contributed by atoms with E-state index in [0.29, 0.717) is 12.3 Å². The monoisotopic (exact) mass is 338 g/mol. The Morgan fingerprint density at radius 2 is 1.83 bits per heavy atom. The third kappa shape index (κ3) is 3.81. The number of hydrogen-bond donors (Lipinski definition) is 1. The lowest BCUT2D eigenvalue weighted by Gasteiger charge is -2.19. The molecule has 0 fully saturated rings. The smallest absolute Gasteiger partial charge is 0.271 e. The Labute approximate surface area is 145 Å². The largest absolute Gasteiger partial charge is 0.494 e. The third-order valence-electron chi connectivity index (χ3n) is 3.60. The fraction of sp³-hybridized carbons (Fsp3) is 0.158. The van der Waals surface area contributed by atoms with Crippen LogP contribution in [-0.4, -0.2) is 17.5 Å². The van der Waals surface area contributed by atoms with Crippen molar-refractivity contribution in [3.63, 3.8) is 0 Å². The number of hydrogen-bond acceptors (Lipinski definition) is 4. The van der Waals surface area contributed by atoms with Gasteiger partial charge in [-0.2, -0.15) is 0 Å². The van der Waals surface area contributed by atoms with Crippen LogP contribution in [0.5, 0.6) is 5.75 Å². The number of rotatable bonds is 6. The van der Waals surface area contributed by atoms with E-state index in [9.17, 15) is 4.79 Å². The highest BCUT2D eigenvalue weighted by Gasteiger charge is 2.18. The Kier molecular flexibility index (Phi) is 5.23. The van der Waals surface area contributed by atoms with Crippen molar-refractivity contribution < 1.29 is 9.53 Å². The number of nitrogens with zero attached hydrogens (tertiary/aromatic N) is 1. The molecule has 1 N–H and O–H groups in total. The van der Waals surface area contributed by atoms with E-state index in [4.69, 9.17) is 4.74 Å². The maximum Gasteiger partial charge on any atom is 0.271 e. The molecule has 122 valence electrons. The molecule has 3 rings (SSSR count). The van der Waals surface area contributed by atoms with Crippen LogP contribution in [0.2, 0.25) is 0 Å². The molecular weight excluding hydrogens is 320 g/mol. The maximum absolute atomic E-state index is 12.4. The Hall–Kier alpha value is -2.66. The summed E-state index contributed by atoms with van der Waals surface area (Å²) in [5, 5.41) is 4.81. The molecule has 0 saturated heterocycles. The first-order valence-electron chi connectivity index (χ1n) is 7.74. The molecule has 0 aliphatic carbocycles. The number of thiazole rings is 1. The van der Waals surface area contributed by atoms with Crippen LogP contribution in [0.15, 0.2) is 65.5 Å². The van der Waals surface area contributed by atoms with Crippen LogP contribution in [0, 0.1) is 0 Å². The predicted molar refractivity (Wildman–Crippen MR) is 95.5 cm³/mol. The van der Waals surface area contributed by atoms with Crippen LogP contribution >= 0.6 is 11.3 Å². The minimum Gasteiger partial charge on any atom is -0.494 e. The number of carbonyl (C=O) groups is 1. The van der Waals surface area contributed by atoms with Gasteiger partial charge in [-0.1, -0.05) is 42.5 Å². The fourth-order valence-corrected chi connectivity index (χ4v) is 2.99. The molecule has 5 heteroatoms. The van der Waals surface area contributed by atoms with Crippen LogP contribution in [0.25, 0.3) is 0 Å². The molecule has 0 aliphatic heterocycles. The minimum absolute atomic E-state index is 0.181. The Morgan fingerprint density at radius 3 is 2.46 bits per heavy atom. The number of carbonyl (C=O) groups excluding carboxylic acids is 1. The van der Waals surface area contributed by atoms with Gasteiger partial charge in [-0.3, -0.25) is 4.79 Å². The van der Waals surface area contributed by atoms with Crippen molar-refractivity contribution in [2.45, 2.75) is 13.0 Å². The van der Waals surface area contributed by atoms with Gasteiger partial charge >= 0.3 is 0 Å². The van der Waals surface area contributed by atoms with E-state index in [1.807, 2.05) is 61.5 Å². The summed E-state index contributed by atoms with van der Waals surface area (Å²) in [5.74, 6) is 0.637. The van der Waals surface area contributed by atoms with Gasteiger partial charge in [0, 0.05) is 5.38 Å². The van der Waals surface area contributed by atoms with Crippen molar-refractivity contribution >= 4 is 17.2 Å². The Bertz CT molecular complexity index is 771. The average Bonchev–Trinajstić information content (AvgIpc) is 3.16. The highest BCUT2D eigenvalue weighted by atomic mass is 32.1. The van der Waals surface area contributed by atoms with Crippen LogP contribution in [-0.2, 0) is 0 Å². The second kappa shape index (κ2) is 7.75. The molecule has 0 bridgehead atoms. The number of benzene rings is 2. The summed E-state index contributed by atoms with van der Waals surface area (Å²) in [7, 11) is 0. The van der Waals surface area contributed by atoms with Gasteiger partial charge in [0.1, 0.15) is 11.4 Å². The lowest BCUT2D eigenvalue weighted by Crippen LogP contribution is -2.29. The third-order valence-corrected chi connectivity index (χ3v) is 4.18. The van der Waals surface area contributed by atoms with Crippen LogP contribution in [0.1, 0.15) is 34.6 Å². The van der Waals surface area contributed by atoms with Gasteiger partial charge in [0.05, 0.1) is 18.2 Å². The molecule has 24 heavy (non-hydrogen) atoms. The Morgan fingerprint density at radius 1 is 1.12 bits per heavy atom. The van der Waals surface area contributed by atoms with Gasteiger partial charge in [0.25, 0.3) is 5.91 Å². The van der Waals surface area contributed by atoms with Crippen LogP contribution in [0.4, 0.5) is 0 Å². The standard InChI is InChI=1S/C19H18N2O2S/c1-2-23-16-10-8-15(9-11-16)18(14-6-4-3-5-7-14)21-19(22)17-12-24-13-20-17/h3-13,18H,2H2,1H3,(H,21,22). The zero-order valence-corrected chi connectivity index (χ0v) is 14.1. The van der Waals surface area contributed by atoms with Gasteiger partial charge in [-0.05, 0) is 30.2 Å². The van der Waals surface area contributed by atoms with E-state index in [0.717, 1.165) is 16.9 Å². The van der Waals surface area contributed by atoms with E-state index in [-0.39, 0.29) is 11.9 Å². The molecule has 0 radical (unpaired) electrons. The summed E-state index contributed by atoms with van der Waals surface area (Å²) < 4.78 is 5.49. The maximum atomic E-state index is 12.4. The molecule has 1 atom stereocenters. The summed E-state index contributed by atoms with van der Waals surface area (Å²) in [6.45, 7) is 2.58. The average molecular weight is 338 g/mol. The summed E-state index contributed by atoms with van der Waals surface area (Å²) in [4.78, 5) is 16.5. The lowest BCUT2D eigenvalue weighted by atomic mass is 9.98. The van der Waals surface area contributed by atoms with Crippen molar-refractivity contribution in [2.24, 2.45) is 0 Å². The van der Waals surface area contributed by atoms with Crippen molar-refractivity contribution in [3.8, 4) is 5.75 Å². The SMILES string of the molecule is CCOc1ccc(C(NC(=O)c2cscn2)c2ccccc2)cc1. The number of aromatic nitrogens is 1. The first-order valence-corrected chi connectivity index (χ1v) is 8.69. The second-order valence-electron chi connectivity index (χ2n) is 5.19. The summed E-state index contributed by atoms with van der Waals surface area (Å²) in [6.07, 6.45) is 0. The summed E-state index contributed by atoms with van der Waals surface area (Å²) in [6, 6.07) is 17.4. The second-order valence-corrected chi connectivity index (χ2v) is 5.91. The molecule has 3 aromatic rings. The summed E-state index contributed by atoms with van der Waals surface area (Å²) >= 11 is 1.41. The van der Waals surface area contributed by atoms with Gasteiger partial charge in [-0.15, -0.1) is 11.3 Å². The highest BCUT2D eigenvalue weighted by molar-refractivity contribution is 7.07. The number of nitrogens with one attached hydrogen (secondary N) is 1. The van der Waals surface area contributed by atoms with Gasteiger partial charge in [0.15, 0.2) is 0 Å². The molecule has 1 amide bonds. The normalized spacial score (nSPS) is 11.7. The quantitative estimate of drug-likeness (QED) is 0.737. The predicted octanol–water partition coefficient (Wildman–Crippen LogP) is 4.06. The summed E-state index contributed by atoms with van der Waals surface area (Å²) in [5.41, 5.74) is 4.11. The number of amides is 1. The van der Waals surface area contributed by atoms with E-state index in [1.54, 1.807) is 10.9 Å². The molecule has 1 aromatic heterocycles. The van der Waals surface area contributed by atoms with Crippen molar-refractivity contribution in [2.75, 3.05) is 6.61 Å². The molecule has 0 spiro atoms.